The zero-order valence-corrected chi connectivity index (χ0v) is 14.0. The highest BCUT2D eigenvalue weighted by molar-refractivity contribution is 6.30. The van der Waals surface area contributed by atoms with Gasteiger partial charge in [-0.05, 0) is 48.0 Å². The minimum absolute atomic E-state index is 0.272. The van der Waals surface area contributed by atoms with E-state index >= 15 is 0 Å². The van der Waals surface area contributed by atoms with Gasteiger partial charge in [0.15, 0.2) is 11.5 Å². The molecule has 1 aliphatic heterocycles. The molecule has 7 heteroatoms. The normalized spacial score (nSPS) is 12.0. The van der Waals surface area contributed by atoms with Crippen LogP contribution in [0.1, 0.15) is 5.56 Å². The molecule has 25 heavy (non-hydrogen) atoms. The van der Waals surface area contributed by atoms with Crippen LogP contribution in [0.5, 0.6) is 11.5 Å². The van der Waals surface area contributed by atoms with Gasteiger partial charge in [0.05, 0.1) is 0 Å². The van der Waals surface area contributed by atoms with Crippen LogP contribution < -0.4 is 20.1 Å². The molecule has 0 saturated heterocycles. The Morgan fingerprint density at radius 3 is 2.72 bits per heavy atom. The van der Waals surface area contributed by atoms with Gasteiger partial charge in [-0.3, -0.25) is 0 Å². The summed E-state index contributed by atoms with van der Waals surface area (Å²) in [4.78, 5) is 8.70. The molecule has 0 aliphatic carbocycles. The molecule has 4 rings (SSSR count). The first-order valence-corrected chi connectivity index (χ1v) is 8.12. The molecule has 126 valence electrons. The van der Waals surface area contributed by atoms with E-state index in [0.717, 1.165) is 22.7 Å². The smallest absolute Gasteiger partial charge is 0.231 e. The van der Waals surface area contributed by atoms with E-state index in [0.29, 0.717) is 23.3 Å². The highest BCUT2D eigenvalue weighted by Crippen LogP contribution is 2.32. The number of benzene rings is 2. The molecule has 1 aliphatic rings. The van der Waals surface area contributed by atoms with E-state index in [1.807, 2.05) is 42.5 Å². The Morgan fingerprint density at radius 1 is 1.00 bits per heavy atom. The second kappa shape index (κ2) is 6.86. The minimum Gasteiger partial charge on any atom is -0.454 e. The molecule has 1 aromatic heterocycles. The summed E-state index contributed by atoms with van der Waals surface area (Å²) in [5.74, 6) is 2.77. The summed E-state index contributed by atoms with van der Waals surface area (Å²) in [6.45, 7) is 0.856. The molecule has 0 bridgehead atoms. The van der Waals surface area contributed by atoms with Crippen LogP contribution in [-0.4, -0.2) is 16.8 Å². The molecule has 0 fully saturated rings. The lowest BCUT2D eigenvalue weighted by Crippen LogP contribution is -2.05. The lowest BCUT2D eigenvalue weighted by Gasteiger charge is -2.09. The van der Waals surface area contributed by atoms with Gasteiger partial charge >= 0.3 is 0 Å². The van der Waals surface area contributed by atoms with Crippen molar-refractivity contribution in [3.63, 3.8) is 0 Å². The number of nitrogens with zero attached hydrogens (tertiary/aromatic N) is 2. The second-order valence-corrected chi connectivity index (χ2v) is 5.87. The van der Waals surface area contributed by atoms with Crippen LogP contribution in [0.4, 0.5) is 17.5 Å². The average molecular weight is 355 g/mol. The fourth-order valence-corrected chi connectivity index (χ4v) is 2.55. The third kappa shape index (κ3) is 3.75. The van der Waals surface area contributed by atoms with Gasteiger partial charge in [0.2, 0.25) is 12.7 Å². The third-order valence-corrected chi connectivity index (χ3v) is 3.91. The van der Waals surface area contributed by atoms with Crippen molar-refractivity contribution in [1.29, 1.82) is 0 Å². The van der Waals surface area contributed by atoms with Gasteiger partial charge < -0.3 is 20.1 Å². The van der Waals surface area contributed by atoms with Crippen LogP contribution in [0.25, 0.3) is 0 Å². The Hall–Kier alpha value is -2.99. The molecule has 0 atom stereocenters. The first-order valence-electron chi connectivity index (χ1n) is 7.74. The quantitative estimate of drug-likeness (QED) is 0.715. The first kappa shape index (κ1) is 15.5. The van der Waals surface area contributed by atoms with E-state index in [1.165, 1.54) is 0 Å². The number of halogens is 1. The number of ether oxygens (including phenoxy) is 2. The summed E-state index contributed by atoms with van der Waals surface area (Å²) >= 11 is 5.89. The van der Waals surface area contributed by atoms with Crippen molar-refractivity contribution >= 4 is 29.1 Å². The minimum atomic E-state index is 0.272. The summed E-state index contributed by atoms with van der Waals surface area (Å²) in [5.41, 5.74) is 1.97. The van der Waals surface area contributed by atoms with E-state index in [2.05, 4.69) is 20.6 Å². The Labute approximate surface area is 149 Å². The number of hydrogen-bond acceptors (Lipinski definition) is 6. The van der Waals surface area contributed by atoms with Gasteiger partial charge in [-0.1, -0.05) is 17.7 Å². The molecule has 2 N–H and O–H groups in total. The highest BCUT2D eigenvalue weighted by Gasteiger charge is 2.13. The van der Waals surface area contributed by atoms with Gasteiger partial charge in [0.1, 0.15) is 5.82 Å². The molecule has 2 aromatic carbocycles. The zero-order chi connectivity index (χ0) is 17.1. The summed E-state index contributed by atoms with van der Waals surface area (Å²) < 4.78 is 10.7. The molecule has 0 amide bonds. The van der Waals surface area contributed by atoms with Crippen molar-refractivity contribution in [3.05, 3.63) is 65.3 Å². The van der Waals surface area contributed by atoms with Crippen LogP contribution in [0.2, 0.25) is 5.02 Å². The number of rotatable bonds is 5. The van der Waals surface area contributed by atoms with Crippen molar-refractivity contribution in [2.24, 2.45) is 0 Å². The van der Waals surface area contributed by atoms with Crippen LogP contribution >= 0.6 is 11.6 Å². The van der Waals surface area contributed by atoms with Gasteiger partial charge in [0.25, 0.3) is 0 Å². The Balaban J connectivity index is 1.42. The van der Waals surface area contributed by atoms with E-state index in [9.17, 15) is 0 Å². The van der Waals surface area contributed by atoms with Gasteiger partial charge in [0, 0.05) is 23.5 Å². The molecular weight excluding hydrogens is 340 g/mol. The summed E-state index contributed by atoms with van der Waals surface area (Å²) in [5, 5.41) is 7.12. The van der Waals surface area contributed by atoms with E-state index in [4.69, 9.17) is 21.1 Å². The zero-order valence-electron chi connectivity index (χ0n) is 13.2. The van der Waals surface area contributed by atoms with Crippen molar-refractivity contribution in [2.45, 2.75) is 6.54 Å². The lowest BCUT2D eigenvalue weighted by atomic mass is 10.2. The Kier molecular flexibility index (Phi) is 4.26. The van der Waals surface area contributed by atoms with Crippen LogP contribution in [-0.2, 0) is 6.54 Å². The van der Waals surface area contributed by atoms with Crippen molar-refractivity contribution in [1.82, 2.24) is 9.97 Å². The number of anilines is 3. The predicted molar refractivity (Wildman–Crippen MR) is 96.7 cm³/mol. The highest BCUT2D eigenvalue weighted by atomic mass is 35.5. The summed E-state index contributed by atoms with van der Waals surface area (Å²) in [6, 6.07) is 15.1. The Morgan fingerprint density at radius 2 is 1.84 bits per heavy atom. The van der Waals surface area contributed by atoms with Crippen molar-refractivity contribution in [3.8, 4) is 11.5 Å². The lowest BCUT2D eigenvalue weighted by molar-refractivity contribution is 0.174. The molecule has 0 unspecified atom stereocenters. The largest absolute Gasteiger partial charge is 0.454 e. The maximum atomic E-state index is 5.89. The third-order valence-electron chi connectivity index (χ3n) is 3.66. The standard InChI is InChI=1S/C18H15ClN4O2/c19-13-2-4-14(5-3-13)22-17-7-8-20-18(23-17)21-10-12-1-6-15-16(9-12)25-11-24-15/h1-9H,10-11H2,(H2,20,21,22,23). The summed E-state index contributed by atoms with van der Waals surface area (Å²) in [7, 11) is 0. The SMILES string of the molecule is Clc1ccc(Nc2ccnc(NCc3ccc4c(c3)OCO4)n2)cc1. The van der Waals surface area contributed by atoms with Gasteiger partial charge in [-0.2, -0.15) is 4.98 Å². The van der Waals surface area contributed by atoms with E-state index in [1.54, 1.807) is 12.3 Å². The number of nitrogens with one attached hydrogen (secondary N) is 2. The number of aromatic nitrogens is 2. The van der Waals surface area contributed by atoms with Gasteiger partial charge in [-0.25, -0.2) is 4.98 Å². The van der Waals surface area contributed by atoms with Crippen LogP contribution in [0, 0.1) is 0 Å². The molecule has 6 nitrogen and oxygen atoms in total. The van der Waals surface area contributed by atoms with Crippen molar-refractivity contribution in [2.75, 3.05) is 17.4 Å². The molecule has 0 spiro atoms. The fraction of sp³-hybridized carbons (Fsp3) is 0.111. The van der Waals surface area contributed by atoms with E-state index in [-0.39, 0.29) is 6.79 Å². The van der Waals surface area contributed by atoms with Gasteiger partial charge in [-0.15, -0.1) is 0 Å². The molecule has 0 saturated carbocycles. The molecule has 0 radical (unpaired) electrons. The van der Waals surface area contributed by atoms with Crippen LogP contribution in [0.3, 0.4) is 0 Å². The second-order valence-electron chi connectivity index (χ2n) is 5.44. The van der Waals surface area contributed by atoms with Crippen molar-refractivity contribution < 1.29 is 9.47 Å². The monoisotopic (exact) mass is 354 g/mol. The predicted octanol–water partition coefficient (Wildman–Crippen LogP) is 4.21. The summed E-state index contributed by atoms with van der Waals surface area (Å²) in [6.07, 6.45) is 1.70. The Bertz CT molecular complexity index is 886. The average Bonchev–Trinajstić information content (AvgIpc) is 3.10. The van der Waals surface area contributed by atoms with E-state index < -0.39 is 0 Å². The molecule has 3 aromatic rings. The topological polar surface area (TPSA) is 68.3 Å². The molecular formula is C18H15ClN4O2. The molecule has 2 heterocycles. The maximum absolute atomic E-state index is 5.89. The fourth-order valence-electron chi connectivity index (χ4n) is 2.43. The van der Waals surface area contributed by atoms with Crippen LogP contribution in [0.15, 0.2) is 54.7 Å². The first-order chi connectivity index (χ1) is 12.3. The number of fused-ring (bicyclic) bond motifs is 1. The number of hydrogen-bond donors (Lipinski definition) is 2. The maximum Gasteiger partial charge on any atom is 0.231 e.